The van der Waals surface area contributed by atoms with Crippen molar-refractivity contribution in [1.29, 1.82) is 0 Å². The third-order valence-corrected chi connectivity index (χ3v) is 3.44. The highest BCUT2D eigenvalue weighted by molar-refractivity contribution is 6.00. The molecule has 0 saturated carbocycles. The molecule has 0 spiro atoms. The monoisotopic (exact) mass is 292 g/mol. The van der Waals surface area contributed by atoms with Crippen molar-refractivity contribution in [2.45, 2.75) is 32.2 Å². The van der Waals surface area contributed by atoms with Crippen LogP contribution >= 0.6 is 0 Å². The van der Waals surface area contributed by atoms with Gasteiger partial charge in [-0.05, 0) is 37.6 Å². The summed E-state index contributed by atoms with van der Waals surface area (Å²) in [6.07, 6.45) is 0.948. The fourth-order valence-electron chi connectivity index (χ4n) is 2.27. The Labute approximate surface area is 121 Å². The number of rotatable bonds is 5. The van der Waals surface area contributed by atoms with Gasteiger partial charge in [0, 0.05) is 10.9 Å². The zero-order chi connectivity index (χ0) is 15.6. The molecule has 1 atom stereocenters. The number of aromatic amines is 1. The number of carbonyl (C=O) groups is 2. The Morgan fingerprint density at radius 2 is 2.10 bits per heavy atom. The highest BCUT2D eigenvalue weighted by Crippen LogP contribution is 2.18. The molecule has 0 saturated heterocycles. The van der Waals surface area contributed by atoms with Gasteiger partial charge < -0.3 is 15.4 Å². The van der Waals surface area contributed by atoms with Gasteiger partial charge in [-0.1, -0.05) is 13.3 Å². The first-order chi connectivity index (χ1) is 9.85. The van der Waals surface area contributed by atoms with Crippen LogP contribution in [0.25, 0.3) is 10.9 Å². The topological polar surface area (TPSA) is 82.2 Å². The molecule has 1 amide bonds. The highest BCUT2D eigenvalue weighted by Gasteiger charge is 2.34. The van der Waals surface area contributed by atoms with Crippen LogP contribution in [0.5, 0.6) is 0 Å². The maximum atomic E-state index is 13.1. The number of carbonyl (C=O) groups excluding carboxylic acids is 1. The number of benzene rings is 1. The predicted octanol–water partition coefficient (Wildman–Crippen LogP) is 2.68. The summed E-state index contributed by atoms with van der Waals surface area (Å²) in [5.41, 5.74) is -0.498. The molecule has 0 aliphatic carbocycles. The molecule has 1 heterocycles. The molecule has 2 rings (SSSR count). The molecule has 0 aliphatic rings. The van der Waals surface area contributed by atoms with Gasteiger partial charge in [0.1, 0.15) is 17.1 Å². The van der Waals surface area contributed by atoms with Crippen molar-refractivity contribution in [2.24, 2.45) is 0 Å². The SMILES string of the molecule is CCCC(C)(NC(=O)c1cc2cc(F)ccc2[nH]1)C(=O)O. The third-order valence-electron chi connectivity index (χ3n) is 3.44. The van der Waals surface area contributed by atoms with E-state index in [-0.39, 0.29) is 5.69 Å². The van der Waals surface area contributed by atoms with Gasteiger partial charge in [-0.25, -0.2) is 9.18 Å². The molecule has 0 aliphatic heterocycles. The van der Waals surface area contributed by atoms with Crippen LogP contribution in [0.1, 0.15) is 37.2 Å². The second kappa shape index (κ2) is 5.55. The van der Waals surface area contributed by atoms with Crippen LogP contribution in [-0.2, 0) is 4.79 Å². The standard InChI is InChI=1S/C15H17FN2O3/c1-3-6-15(2,14(20)21)18-13(19)12-8-9-7-10(16)4-5-11(9)17-12/h4-5,7-8,17H,3,6H2,1-2H3,(H,18,19)(H,20,21). The summed E-state index contributed by atoms with van der Waals surface area (Å²) in [4.78, 5) is 26.4. The van der Waals surface area contributed by atoms with Gasteiger partial charge in [0.05, 0.1) is 0 Å². The van der Waals surface area contributed by atoms with Crippen LogP contribution in [0.4, 0.5) is 4.39 Å². The van der Waals surface area contributed by atoms with Crippen molar-refractivity contribution < 1.29 is 19.1 Å². The van der Waals surface area contributed by atoms with E-state index in [1.807, 2.05) is 6.92 Å². The first-order valence-electron chi connectivity index (χ1n) is 6.70. The number of carboxylic acids is 1. The van der Waals surface area contributed by atoms with E-state index in [4.69, 9.17) is 0 Å². The lowest BCUT2D eigenvalue weighted by atomic mass is 9.96. The second-order valence-corrected chi connectivity index (χ2v) is 5.26. The molecule has 0 radical (unpaired) electrons. The van der Waals surface area contributed by atoms with Crippen LogP contribution in [0.3, 0.4) is 0 Å². The van der Waals surface area contributed by atoms with E-state index in [9.17, 15) is 19.1 Å². The van der Waals surface area contributed by atoms with Crippen molar-refractivity contribution in [3.63, 3.8) is 0 Å². The molecule has 21 heavy (non-hydrogen) atoms. The lowest BCUT2D eigenvalue weighted by Crippen LogP contribution is -2.52. The Bertz CT molecular complexity index is 695. The van der Waals surface area contributed by atoms with E-state index >= 15 is 0 Å². The van der Waals surface area contributed by atoms with Gasteiger partial charge >= 0.3 is 5.97 Å². The molecule has 0 fully saturated rings. The van der Waals surface area contributed by atoms with Crippen molar-refractivity contribution >= 4 is 22.8 Å². The molecule has 3 N–H and O–H groups in total. The summed E-state index contributed by atoms with van der Waals surface area (Å²) < 4.78 is 13.1. The van der Waals surface area contributed by atoms with Gasteiger partial charge in [0.2, 0.25) is 0 Å². The quantitative estimate of drug-likeness (QED) is 0.792. The summed E-state index contributed by atoms with van der Waals surface area (Å²) in [6.45, 7) is 3.32. The number of aromatic nitrogens is 1. The van der Waals surface area contributed by atoms with Crippen molar-refractivity contribution in [3.8, 4) is 0 Å². The number of hydrogen-bond donors (Lipinski definition) is 3. The first kappa shape index (κ1) is 15.0. The molecular formula is C15H17FN2O3. The van der Waals surface area contributed by atoms with Crippen LogP contribution in [0, 0.1) is 5.82 Å². The second-order valence-electron chi connectivity index (χ2n) is 5.26. The van der Waals surface area contributed by atoms with Crippen molar-refractivity contribution in [2.75, 3.05) is 0 Å². The Kier molecular flexibility index (Phi) is 3.97. The minimum absolute atomic E-state index is 0.208. The van der Waals surface area contributed by atoms with Gasteiger partial charge in [-0.3, -0.25) is 4.79 Å². The fourth-order valence-corrected chi connectivity index (χ4v) is 2.27. The van der Waals surface area contributed by atoms with Crippen LogP contribution in [0.2, 0.25) is 0 Å². The zero-order valence-corrected chi connectivity index (χ0v) is 11.9. The summed E-state index contributed by atoms with van der Waals surface area (Å²) in [5.74, 6) is -2.00. The normalized spacial score (nSPS) is 13.9. The Hall–Kier alpha value is -2.37. The van der Waals surface area contributed by atoms with E-state index in [2.05, 4.69) is 10.3 Å². The van der Waals surface area contributed by atoms with Crippen molar-refractivity contribution in [1.82, 2.24) is 10.3 Å². The smallest absolute Gasteiger partial charge is 0.329 e. The van der Waals surface area contributed by atoms with Gasteiger partial charge in [-0.15, -0.1) is 0 Å². The number of H-pyrrole nitrogens is 1. The average Bonchev–Trinajstić information content (AvgIpc) is 2.81. The molecule has 2 aromatic rings. The number of halogens is 1. The summed E-state index contributed by atoms with van der Waals surface area (Å²) in [7, 11) is 0. The Morgan fingerprint density at radius 3 is 2.71 bits per heavy atom. The number of hydrogen-bond acceptors (Lipinski definition) is 2. The molecule has 1 unspecified atom stereocenters. The number of amides is 1. The summed E-state index contributed by atoms with van der Waals surface area (Å²) in [6, 6.07) is 5.63. The van der Waals surface area contributed by atoms with Crippen LogP contribution in [-0.4, -0.2) is 27.5 Å². The van der Waals surface area contributed by atoms with E-state index in [1.54, 1.807) is 0 Å². The zero-order valence-electron chi connectivity index (χ0n) is 11.9. The largest absolute Gasteiger partial charge is 0.480 e. The van der Waals surface area contributed by atoms with Gasteiger partial charge in [0.15, 0.2) is 0 Å². The number of fused-ring (bicyclic) bond motifs is 1. The minimum atomic E-state index is -1.33. The first-order valence-corrected chi connectivity index (χ1v) is 6.70. The van der Waals surface area contributed by atoms with E-state index in [1.165, 1.54) is 31.2 Å². The Morgan fingerprint density at radius 1 is 1.38 bits per heavy atom. The number of carboxylic acid groups (broad SMARTS) is 1. The average molecular weight is 292 g/mol. The van der Waals surface area contributed by atoms with E-state index in [0.717, 1.165) is 0 Å². The lowest BCUT2D eigenvalue weighted by molar-refractivity contribution is -0.144. The van der Waals surface area contributed by atoms with Gasteiger partial charge in [-0.2, -0.15) is 0 Å². The number of nitrogens with one attached hydrogen (secondary N) is 2. The molecule has 6 heteroatoms. The predicted molar refractivity (Wildman–Crippen MR) is 76.7 cm³/mol. The lowest BCUT2D eigenvalue weighted by Gasteiger charge is -2.25. The van der Waals surface area contributed by atoms with Crippen LogP contribution < -0.4 is 5.32 Å². The van der Waals surface area contributed by atoms with Crippen LogP contribution in [0.15, 0.2) is 24.3 Å². The third kappa shape index (κ3) is 3.04. The number of aliphatic carboxylic acids is 1. The van der Waals surface area contributed by atoms with Crippen molar-refractivity contribution in [3.05, 3.63) is 35.8 Å². The summed E-state index contributed by atoms with van der Waals surface area (Å²) in [5, 5.41) is 12.3. The van der Waals surface area contributed by atoms with Gasteiger partial charge in [0.25, 0.3) is 5.91 Å². The molecule has 0 bridgehead atoms. The maximum Gasteiger partial charge on any atom is 0.329 e. The van der Waals surface area contributed by atoms with E-state index in [0.29, 0.717) is 23.7 Å². The molecule has 1 aromatic heterocycles. The maximum absolute atomic E-state index is 13.1. The highest BCUT2D eigenvalue weighted by atomic mass is 19.1. The van der Waals surface area contributed by atoms with E-state index < -0.39 is 23.2 Å². The molecule has 112 valence electrons. The molecular weight excluding hydrogens is 275 g/mol. The summed E-state index contributed by atoms with van der Waals surface area (Å²) >= 11 is 0. The minimum Gasteiger partial charge on any atom is -0.480 e. The fraction of sp³-hybridized carbons (Fsp3) is 0.333. The molecule has 1 aromatic carbocycles. The Balaban J connectivity index is 2.27. The molecule has 5 nitrogen and oxygen atoms in total.